The van der Waals surface area contributed by atoms with Crippen LogP contribution < -0.4 is 5.32 Å². The highest BCUT2D eigenvalue weighted by Gasteiger charge is 1.99. The molecule has 0 aliphatic heterocycles. The van der Waals surface area contributed by atoms with Gasteiger partial charge in [-0.15, -0.1) is 0 Å². The molecule has 3 N–H and O–H groups in total. The van der Waals surface area contributed by atoms with E-state index in [1.807, 2.05) is 6.07 Å². The van der Waals surface area contributed by atoms with Crippen LogP contribution in [0.5, 0.6) is 11.5 Å². The number of hydrogen-bond acceptors (Lipinski definition) is 4. The molecular formula is C10H12N2O2. The lowest BCUT2D eigenvalue weighted by molar-refractivity contribution is 0.403. The van der Waals surface area contributed by atoms with Gasteiger partial charge in [-0.25, -0.2) is 0 Å². The van der Waals surface area contributed by atoms with Gasteiger partial charge < -0.3 is 15.5 Å². The molecule has 0 radical (unpaired) electrons. The Morgan fingerprint density at radius 3 is 2.71 bits per heavy atom. The topological polar surface area (TPSA) is 76.3 Å². The molecule has 1 aromatic rings. The number of phenolic OH excluding ortho intramolecular Hbond substituents is 2. The van der Waals surface area contributed by atoms with Crippen LogP contribution >= 0.6 is 0 Å². The molecule has 0 spiro atoms. The van der Waals surface area contributed by atoms with Gasteiger partial charge in [-0.3, -0.25) is 0 Å². The van der Waals surface area contributed by atoms with Gasteiger partial charge in [0.2, 0.25) is 0 Å². The highest BCUT2D eigenvalue weighted by molar-refractivity contribution is 5.40. The number of nitrogens with one attached hydrogen (secondary N) is 1. The number of aromatic hydroxyl groups is 2. The first-order valence-corrected chi connectivity index (χ1v) is 4.32. The summed E-state index contributed by atoms with van der Waals surface area (Å²) in [6.07, 6.45) is 0.462. The summed E-state index contributed by atoms with van der Waals surface area (Å²) in [6, 6.07) is 6.68. The Balaban J connectivity index is 2.44. The molecule has 0 aliphatic carbocycles. The van der Waals surface area contributed by atoms with E-state index >= 15 is 0 Å². The minimum Gasteiger partial charge on any atom is -0.504 e. The molecule has 0 aromatic heterocycles. The van der Waals surface area contributed by atoms with E-state index in [2.05, 4.69) is 5.32 Å². The fraction of sp³-hybridized carbons (Fsp3) is 0.300. The van der Waals surface area contributed by atoms with Crippen molar-refractivity contribution in [3.05, 3.63) is 23.8 Å². The van der Waals surface area contributed by atoms with E-state index in [0.29, 0.717) is 19.5 Å². The summed E-state index contributed by atoms with van der Waals surface area (Å²) in [5, 5.41) is 29.5. The zero-order valence-electron chi connectivity index (χ0n) is 7.70. The van der Waals surface area contributed by atoms with Crippen LogP contribution in [0.1, 0.15) is 12.0 Å². The van der Waals surface area contributed by atoms with E-state index in [-0.39, 0.29) is 11.5 Å². The molecule has 0 amide bonds. The Morgan fingerprint density at radius 1 is 1.29 bits per heavy atom. The van der Waals surface area contributed by atoms with Crippen LogP contribution in [-0.4, -0.2) is 16.8 Å². The summed E-state index contributed by atoms with van der Waals surface area (Å²) in [6.45, 7) is 1.20. The smallest absolute Gasteiger partial charge is 0.157 e. The predicted octanol–water partition coefficient (Wildman–Crippen LogP) is 1.10. The molecule has 0 heterocycles. The van der Waals surface area contributed by atoms with Crippen molar-refractivity contribution in [2.45, 2.75) is 13.0 Å². The van der Waals surface area contributed by atoms with Crippen LogP contribution in [0.2, 0.25) is 0 Å². The molecular weight excluding hydrogens is 180 g/mol. The zero-order chi connectivity index (χ0) is 10.4. The standard InChI is InChI=1S/C10H12N2O2/c11-4-1-5-12-7-8-2-3-9(13)10(14)6-8/h2-3,6,12-14H,1,5,7H2. The molecule has 0 unspecified atom stereocenters. The van der Waals surface area contributed by atoms with Crippen molar-refractivity contribution in [2.75, 3.05) is 6.54 Å². The van der Waals surface area contributed by atoms with Crippen LogP contribution in [0, 0.1) is 11.3 Å². The highest BCUT2D eigenvalue weighted by atomic mass is 16.3. The molecule has 0 atom stereocenters. The molecule has 0 aliphatic rings. The normalized spacial score (nSPS) is 9.64. The van der Waals surface area contributed by atoms with Crippen LogP contribution in [-0.2, 0) is 6.54 Å². The maximum absolute atomic E-state index is 9.17. The third-order valence-electron chi connectivity index (χ3n) is 1.78. The molecule has 4 nitrogen and oxygen atoms in total. The van der Waals surface area contributed by atoms with E-state index in [4.69, 9.17) is 10.4 Å². The molecule has 0 saturated carbocycles. The first-order valence-electron chi connectivity index (χ1n) is 4.32. The van der Waals surface area contributed by atoms with Crippen LogP contribution in [0.15, 0.2) is 18.2 Å². The number of benzene rings is 1. The maximum Gasteiger partial charge on any atom is 0.157 e. The van der Waals surface area contributed by atoms with Gasteiger partial charge in [-0.1, -0.05) is 6.07 Å². The third kappa shape index (κ3) is 2.96. The minimum absolute atomic E-state index is 0.120. The summed E-state index contributed by atoms with van der Waals surface area (Å²) in [5.74, 6) is -0.240. The van der Waals surface area contributed by atoms with E-state index < -0.39 is 0 Å². The quantitative estimate of drug-likeness (QED) is 0.493. The molecule has 14 heavy (non-hydrogen) atoms. The fourth-order valence-electron chi connectivity index (χ4n) is 1.06. The van der Waals surface area contributed by atoms with Gasteiger partial charge in [0.1, 0.15) is 0 Å². The number of nitrogens with zero attached hydrogens (tertiary/aromatic N) is 1. The minimum atomic E-state index is -0.121. The Labute approximate surface area is 82.4 Å². The van der Waals surface area contributed by atoms with Crippen molar-refractivity contribution in [1.29, 1.82) is 5.26 Å². The van der Waals surface area contributed by atoms with E-state index in [1.54, 1.807) is 6.07 Å². The van der Waals surface area contributed by atoms with Gasteiger partial charge in [0.25, 0.3) is 0 Å². The van der Waals surface area contributed by atoms with Crippen molar-refractivity contribution in [3.63, 3.8) is 0 Å². The number of phenols is 2. The summed E-state index contributed by atoms with van der Waals surface area (Å²) in [7, 11) is 0. The Kier molecular flexibility index (Phi) is 3.77. The molecule has 74 valence electrons. The van der Waals surface area contributed by atoms with Gasteiger partial charge in [0.15, 0.2) is 11.5 Å². The third-order valence-corrected chi connectivity index (χ3v) is 1.78. The van der Waals surface area contributed by atoms with Gasteiger partial charge in [0.05, 0.1) is 6.07 Å². The first kappa shape index (κ1) is 10.4. The van der Waals surface area contributed by atoms with Crippen molar-refractivity contribution < 1.29 is 10.2 Å². The Morgan fingerprint density at radius 2 is 2.07 bits per heavy atom. The van der Waals surface area contributed by atoms with E-state index in [9.17, 15) is 5.11 Å². The fourth-order valence-corrected chi connectivity index (χ4v) is 1.06. The second-order valence-corrected chi connectivity index (χ2v) is 2.91. The summed E-state index contributed by atoms with van der Waals surface area (Å²) < 4.78 is 0. The second kappa shape index (κ2) is 5.10. The number of hydrogen-bond donors (Lipinski definition) is 3. The monoisotopic (exact) mass is 192 g/mol. The molecule has 0 bridgehead atoms. The van der Waals surface area contributed by atoms with Crippen LogP contribution in [0.4, 0.5) is 0 Å². The predicted molar refractivity (Wildman–Crippen MR) is 51.7 cm³/mol. The first-order chi connectivity index (χ1) is 6.74. The number of rotatable bonds is 4. The average Bonchev–Trinajstić information content (AvgIpc) is 2.18. The lowest BCUT2D eigenvalue weighted by Gasteiger charge is -2.04. The largest absolute Gasteiger partial charge is 0.504 e. The number of nitriles is 1. The average molecular weight is 192 g/mol. The summed E-state index contributed by atoms with van der Waals surface area (Å²) >= 11 is 0. The summed E-state index contributed by atoms with van der Waals surface area (Å²) in [5.41, 5.74) is 0.873. The molecule has 1 rings (SSSR count). The van der Waals surface area contributed by atoms with E-state index in [0.717, 1.165) is 5.56 Å². The van der Waals surface area contributed by atoms with Crippen molar-refractivity contribution in [3.8, 4) is 17.6 Å². The molecule has 4 heteroatoms. The lowest BCUT2D eigenvalue weighted by Crippen LogP contribution is -2.13. The van der Waals surface area contributed by atoms with Crippen LogP contribution in [0.25, 0.3) is 0 Å². The second-order valence-electron chi connectivity index (χ2n) is 2.91. The maximum atomic E-state index is 9.17. The van der Waals surface area contributed by atoms with Crippen molar-refractivity contribution >= 4 is 0 Å². The van der Waals surface area contributed by atoms with Crippen LogP contribution in [0.3, 0.4) is 0 Å². The summed E-state index contributed by atoms with van der Waals surface area (Å²) in [4.78, 5) is 0. The van der Waals surface area contributed by atoms with Gasteiger partial charge in [-0.05, 0) is 17.7 Å². The van der Waals surface area contributed by atoms with Crippen molar-refractivity contribution in [2.24, 2.45) is 0 Å². The SMILES string of the molecule is N#CCCNCc1ccc(O)c(O)c1. The van der Waals surface area contributed by atoms with Crippen molar-refractivity contribution in [1.82, 2.24) is 5.32 Å². The zero-order valence-corrected chi connectivity index (χ0v) is 7.70. The van der Waals surface area contributed by atoms with Gasteiger partial charge in [0, 0.05) is 19.5 Å². The Hall–Kier alpha value is -1.73. The van der Waals surface area contributed by atoms with Gasteiger partial charge in [-0.2, -0.15) is 5.26 Å². The molecule has 1 aromatic carbocycles. The molecule has 0 fully saturated rings. The lowest BCUT2D eigenvalue weighted by atomic mass is 10.2. The highest BCUT2D eigenvalue weighted by Crippen LogP contribution is 2.24. The molecule has 0 saturated heterocycles. The van der Waals surface area contributed by atoms with Gasteiger partial charge >= 0.3 is 0 Å². The van der Waals surface area contributed by atoms with E-state index in [1.165, 1.54) is 12.1 Å². The Bertz CT molecular complexity index is 344.